The van der Waals surface area contributed by atoms with Crippen LogP contribution in [-0.2, 0) is 18.9 Å². The molecule has 3 heterocycles. The van der Waals surface area contributed by atoms with Crippen molar-refractivity contribution >= 4 is 17.6 Å². The summed E-state index contributed by atoms with van der Waals surface area (Å²) in [5, 5.41) is 20.9. The van der Waals surface area contributed by atoms with Gasteiger partial charge in [0.25, 0.3) is 0 Å². The lowest BCUT2D eigenvalue weighted by Gasteiger charge is -2.29. The van der Waals surface area contributed by atoms with E-state index in [1.54, 1.807) is 12.1 Å². The minimum atomic E-state index is -1.15. The first-order valence-corrected chi connectivity index (χ1v) is 10.0. The first-order valence-electron chi connectivity index (χ1n) is 10.0. The monoisotopic (exact) mass is 414 g/mol. The Morgan fingerprint density at radius 2 is 2.00 bits per heavy atom. The van der Waals surface area contributed by atoms with Crippen molar-refractivity contribution in [3.63, 3.8) is 0 Å². The van der Waals surface area contributed by atoms with Crippen LogP contribution in [0.3, 0.4) is 0 Å². The molecule has 0 bridgehead atoms. The summed E-state index contributed by atoms with van der Waals surface area (Å²) in [6.45, 7) is 3.96. The van der Waals surface area contributed by atoms with Crippen molar-refractivity contribution in [2.45, 2.75) is 57.6 Å². The maximum Gasteiger partial charge on any atom is 0.198 e. The van der Waals surface area contributed by atoms with Gasteiger partial charge in [-0.2, -0.15) is 0 Å². The fraction of sp³-hybridized carbons (Fsp3) is 0.455. The fourth-order valence-corrected chi connectivity index (χ4v) is 4.51. The van der Waals surface area contributed by atoms with Gasteiger partial charge in [-0.1, -0.05) is 13.3 Å². The van der Waals surface area contributed by atoms with Crippen molar-refractivity contribution in [2.75, 3.05) is 6.61 Å². The summed E-state index contributed by atoms with van der Waals surface area (Å²) in [5.41, 5.74) is 1.27. The highest BCUT2D eigenvalue weighted by Gasteiger charge is 2.49. The summed E-state index contributed by atoms with van der Waals surface area (Å²) in [5.74, 6) is -0.503. The molecule has 0 saturated carbocycles. The van der Waals surface area contributed by atoms with Crippen molar-refractivity contribution in [3.8, 4) is 5.75 Å². The number of benzene rings is 1. The van der Waals surface area contributed by atoms with Gasteiger partial charge in [0, 0.05) is 11.1 Å². The van der Waals surface area contributed by atoms with E-state index < -0.39 is 42.5 Å². The van der Waals surface area contributed by atoms with Gasteiger partial charge in [-0.05, 0) is 37.1 Å². The van der Waals surface area contributed by atoms with E-state index >= 15 is 0 Å². The van der Waals surface area contributed by atoms with Crippen LogP contribution in [0.1, 0.15) is 64.6 Å². The number of fused-ring (bicyclic) bond motifs is 3. The number of Topliss-reactive ketones (excluding diaryl/α,β-unsaturated/α-hetero) is 1. The Morgan fingerprint density at radius 3 is 2.73 bits per heavy atom. The summed E-state index contributed by atoms with van der Waals surface area (Å²) >= 11 is 0. The topological polar surface area (TPSA) is 112 Å². The number of ether oxygens (including phenoxy) is 4. The van der Waals surface area contributed by atoms with Crippen LogP contribution >= 0.6 is 0 Å². The molecule has 0 radical (unpaired) electrons. The second kappa shape index (κ2) is 7.02. The minimum Gasteiger partial charge on any atom is -0.507 e. The van der Waals surface area contributed by atoms with E-state index in [0.29, 0.717) is 23.3 Å². The standard InChI is InChI=1S/C22H22O8/c1-3-4-14-16-10(5-9(2)28-14)6-11-13(23)7-12(18(24)17(11)19(16)25)22-29-15-8-27-21(26)20(15)30-22/h5-7,14-15,20-22,25-26H,3-4,8H2,1-2H3. The van der Waals surface area contributed by atoms with Gasteiger partial charge in [-0.25, -0.2) is 0 Å². The largest absolute Gasteiger partial charge is 0.507 e. The molecule has 0 amide bonds. The molecule has 0 aromatic heterocycles. The van der Waals surface area contributed by atoms with E-state index in [1.807, 2.05) is 13.8 Å². The van der Waals surface area contributed by atoms with Gasteiger partial charge in [0.05, 0.1) is 23.5 Å². The Bertz CT molecular complexity index is 1010. The van der Waals surface area contributed by atoms with E-state index in [0.717, 1.165) is 6.42 Å². The molecule has 158 valence electrons. The van der Waals surface area contributed by atoms with Crippen LogP contribution in [-0.4, -0.2) is 53.2 Å². The Morgan fingerprint density at radius 1 is 1.20 bits per heavy atom. The van der Waals surface area contributed by atoms with Gasteiger partial charge in [0.1, 0.15) is 24.1 Å². The molecule has 0 spiro atoms. The predicted molar refractivity (Wildman–Crippen MR) is 103 cm³/mol. The number of hydrogen-bond donors (Lipinski definition) is 2. The Labute approximate surface area is 172 Å². The molecule has 1 aliphatic carbocycles. The summed E-state index contributed by atoms with van der Waals surface area (Å²) in [6.07, 6.45) is 0.514. The molecule has 5 atom stereocenters. The highest BCUT2D eigenvalue weighted by Crippen LogP contribution is 2.45. The van der Waals surface area contributed by atoms with Crippen LogP contribution in [0.4, 0.5) is 0 Å². The van der Waals surface area contributed by atoms with Gasteiger partial charge >= 0.3 is 0 Å². The molecule has 30 heavy (non-hydrogen) atoms. The lowest BCUT2D eigenvalue weighted by molar-refractivity contribution is -0.153. The van der Waals surface area contributed by atoms with Crippen molar-refractivity contribution in [1.29, 1.82) is 0 Å². The smallest absolute Gasteiger partial charge is 0.198 e. The van der Waals surface area contributed by atoms with Gasteiger partial charge in [0.15, 0.2) is 24.1 Å². The minimum absolute atomic E-state index is 0.000146. The molecule has 5 rings (SSSR count). The molecule has 8 nitrogen and oxygen atoms in total. The van der Waals surface area contributed by atoms with Gasteiger partial charge in [-0.3, -0.25) is 9.59 Å². The number of rotatable bonds is 3. The third-order valence-electron chi connectivity index (χ3n) is 5.88. The lowest BCUT2D eigenvalue weighted by Crippen LogP contribution is -2.30. The fourth-order valence-electron chi connectivity index (χ4n) is 4.51. The van der Waals surface area contributed by atoms with Gasteiger partial charge < -0.3 is 29.2 Å². The third-order valence-corrected chi connectivity index (χ3v) is 5.88. The summed E-state index contributed by atoms with van der Waals surface area (Å²) in [4.78, 5) is 26.2. The number of ketones is 2. The van der Waals surface area contributed by atoms with E-state index in [4.69, 9.17) is 18.9 Å². The van der Waals surface area contributed by atoms with Crippen LogP contribution in [0.25, 0.3) is 6.08 Å². The van der Waals surface area contributed by atoms with Crippen molar-refractivity contribution < 1.29 is 38.7 Å². The second-order valence-corrected chi connectivity index (χ2v) is 7.92. The maximum absolute atomic E-state index is 13.3. The number of hydrogen-bond acceptors (Lipinski definition) is 8. The summed E-state index contributed by atoms with van der Waals surface area (Å²) in [6, 6.07) is 1.63. The van der Waals surface area contributed by atoms with Crippen molar-refractivity contribution in [1.82, 2.24) is 0 Å². The Balaban J connectivity index is 1.56. The molecule has 5 unspecified atom stereocenters. The van der Waals surface area contributed by atoms with Crippen LogP contribution < -0.4 is 0 Å². The number of carbonyl (C=O) groups is 2. The highest BCUT2D eigenvalue weighted by atomic mass is 16.8. The van der Waals surface area contributed by atoms with Crippen LogP contribution in [0.15, 0.2) is 23.5 Å². The molecule has 2 N–H and O–H groups in total. The van der Waals surface area contributed by atoms with E-state index in [2.05, 4.69) is 0 Å². The van der Waals surface area contributed by atoms with Gasteiger partial charge in [-0.15, -0.1) is 0 Å². The molecule has 3 aliphatic heterocycles. The molecule has 4 aliphatic rings. The molecule has 1 aromatic rings. The molecule has 2 saturated heterocycles. The molecule has 2 fully saturated rings. The number of phenols is 1. The van der Waals surface area contributed by atoms with Crippen LogP contribution in [0.2, 0.25) is 0 Å². The van der Waals surface area contributed by atoms with E-state index in [1.165, 1.54) is 6.08 Å². The maximum atomic E-state index is 13.3. The average Bonchev–Trinajstić information content (AvgIpc) is 3.26. The Hall–Kier alpha value is -2.52. The van der Waals surface area contributed by atoms with Gasteiger partial charge in [0.2, 0.25) is 0 Å². The first-order chi connectivity index (χ1) is 14.4. The number of aliphatic hydroxyl groups excluding tert-OH is 1. The zero-order valence-corrected chi connectivity index (χ0v) is 16.6. The molecular weight excluding hydrogens is 392 g/mol. The quantitative estimate of drug-likeness (QED) is 0.776. The predicted octanol–water partition coefficient (Wildman–Crippen LogP) is 2.39. The molecular formula is C22H22O8. The lowest BCUT2D eigenvalue weighted by atomic mass is 9.82. The molecule has 8 heteroatoms. The van der Waals surface area contributed by atoms with Crippen molar-refractivity contribution in [2.24, 2.45) is 0 Å². The number of allylic oxidation sites excluding steroid dienone is 2. The highest BCUT2D eigenvalue weighted by molar-refractivity contribution is 6.26. The summed E-state index contributed by atoms with van der Waals surface area (Å²) < 4.78 is 22.3. The number of aliphatic hydroxyl groups is 1. The Kier molecular flexibility index (Phi) is 4.55. The number of phenolic OH excluding ortho intramolecular Hbond substituents is 1. The SMILES string of the molecule is CCCC1OC(C)=Cc2cc3c(c(O)c21)C(=O)C(C1OC2COC(O)C2O1)=CC3=O. The van der Waals surface area contributed by atoms with E-state index in [-0.39, 0.29) is 29.1 Å². The zero-order chi connectivity index (χ0) is 21.2. The van der Waals surface area contributed by atoms with Crippen molar-refractivity contribution in [3.05, 3.63) is 45.7 Å². The van der Waals surface area contributed by atoms with E-state index in [9.17, 15) is 19.8 Å². The second-order valence-electron chi connectivity index (χ2n) is 7.92. The summed E-state index contributed by atoms with van der Waals surface area (Å²) in [7, 11) is 0. The number of aromatic hydroxyl groups is 1. The van der Waals surface area contributed by atoms with Crippen LogP contribution in [0.5, 0.6) is 5.75 Å². The number of carbonyl (C=O) groups excluding carboxylic acids is 2. The molecule has 1 aromatic carbocycles. The zero-order valence-electron chi connectivity index (χ0n) is 16.6. The van der Waals surface area contributed by atoms with Crippen LogP contribution in [0, 0.1) is 0 Å². The third kappa shape index (κ3) is 2.83. The normalized spacial score (nSPS) is 32.2. The first kappa shape index (κ1) is 19.4. The average molecular weight is 414 g/mol.